The van der Waals surface area contributed by atoms with E-state index < -0.39 is 38.7 Å². The van der Waals surface area contributed by atoms with Gasteiger partial charge in [-0.15, -0.1) is 0 Å². The van der Waals surface area contributed by atoms with Crippen molar-refractivity contribution in [1.29, 1.82) is 0 Å². The molecule has 1 amide bonds. The number of nitrogens with zero attached hydrogens (tertiary/aromatic N) is 1. The molecule has 0 radical (unpaired) electrons. The van der Waals surface area contributed by atoms with E-state index in [1.165, 1.54) is 6.92 Å². The van der Waals surface area contributed by atoms with Crippen LogP contribution in [0.5, 0.6) is 5.75 Å². The van der Waals surface area contributed by atoms with Crippen LogP contribution in [0, 0.1) is 0 Å². The number of rotatable bonds is 8. The van der Waals surface area contributed by atoms with E-state index in [4.69, 9.17) is 16.3 Å². The fourth-order valence-electron chi connectivity index (χ4n) is 3.48. The molecule has 0 bridgehead atoms. The van der Waals surface area contributed by atoms with Crippen molar-refractivity contribution in [3.8, 4) is 5.75 Å². The quantitative estimate of drug-likeness (QED) is 0.436. The van der Waals surface area contributed by atoms with Gasteiger partial charge in [-0.25, -0.2) is 8.42 Å². The van der Waals surface area contributed by atoms with Gasteiger partial charge in [0.1, 0.15) is 18.4 Å². The summed E-state index contributed by atoms with van der Waals surface area (Å²) >= 11 is 5.63. The summed E-state index contributed by atoms with van der Waals surface area (Å²) in [5, 5.41) is 3.87. The van der Waals surface area contributed by atoms with E-state index in [-0.39, 0.29) is 18.8 Å². The first-order valence-corrected chi connectivity index (χ1v) is 12.4. The molecule has 11 heteroatoms. The van der Waals surface area contributed by atoms with Crippen molar-refractivity contribution in [2.75, 3.05) is 23.7 Å². The van der Waals surface area contributed by atoms with Crippen LogP contribution in [0.1, 0.15) is 12.5 Å². The van der Waals surface area contributed by atoms with Gasteiger partial charge in [0.25, 0.3) is 0 Å². The molecule has 3 aromatic rings. The standard InChI is InChI=1S/C23H22ClF3N2O4S/c1-15(29(34(2,31)32)17-10-11-20(24)19(14-17)23(25,26)27)22(30)28-12-13-33-21-9-5-7-16-6-3-4-8-18(16)21/h3-11,14-15H,12-13H2,1-2H3,(H,28,30)/t15-/m0/s1. The molecule has 182 valence electrons. The zero-order valence-electron chi connectivity index (χ0n) is 18.3. The first-order valence-electron chi connectivity index (χ1n) is 10.1. The van der Waals surface area contributed by atoms with E-state index in [1.54, 1.807) is 6.07 Å². The van der Waals surface area contributed by atoms with Gasteiger partial charge >= 0.3 is 6.18 Å². The summed E-state index contributed by atoms with van der Waals surface area (Å²) in [7, 11) is -4.10. The number of alkyl halides is 3. The van der Waals surface area contributed by atoms with Crippen molar-refractivity contribution in [1.82, 2.24) is 5.32 Å². The summed E-state index contributed by atoms with van der Waals surface area (Å²) in [6, 6.07) is 14.5. The van der Waals surface area contributed by atoms with E-state index in [2.05, 4.69) is 5.32 Å². The van der Waals surface area contributed by atoms with Gasteiger partial charge in [0, 0.05) is 5.39 Å². The second-order valence-electron chi connectivity index (χ2n) is 7.51. The average molecular weight is 515 g/mol. The number of ether oxygens (including phenoxy) is 1. The molecule has 0 aliphatic heterocycles. The smallest absolute Gasteiger partial charge is 0.417 e. The van der Waals surface area contributed by atoms with Crippen molar-refractivity contribution < 1.29 is 31.1 Å². The number of carbonyl (C=O) groups is 1. The third-order valence-corrected chi connectivity index (χ3v) is 6.58. The van der Waals surface area contributed by atoms with E-state index in [9.17, 15) is 26.4 Å². The number of nitrogens with one attached hydrogen (secondary N) is 1. The Morgan fingerprint density at radius 2 is 1.79 bits per heavy atom. The maximum atomic E-state index is 13.2. The maximum Gasteiger partial charge on any atom is 0.417 e. The van der Waals surface area contributed by atoms with Crippen LogP contribution < -0.4 is 14.4 Å². The molecule has 0 aromatic heterocycles. The van der Waals surface area contributed by atoms with Crippen molar-refractivity contribution in [2.45, 2.75) is 19.1 Å². The third kappa shape index (κ3) is 5.92. The van der Waals surface area contributed by atoms with Crippen molar-refractivity contribution >= 4 is 44.0 Å². The minimum atomic E-state index is -4.79. The van der Waals surface area contributed by atoms with Crippen LogP contribution in [-0.4, -0.2) is 39.8 Å². The fourth-order valence-corrected chi connectivity index (χ4v) is 4.87. The zero-order valence-corrected chi connectivity index (χ0v) is 19.8. The Bertz CT molecular complexity index is 1290. The Balaban J connectivity index is 1.71. The summed E-state index contributed by atoms with van der Waals surface area (Å²) in [6.07, 6.45) is -3.98. The summed E-state index contributed by atoms with van der Waals surface area (Å²) in [5.74, 6) is -0.0746. The summed E-state index contributed by atoms with van der Waals surface area (Å²) in [6.45, 7) is 1.44. The van der Waals surface area contributed by atoms with Crippen LogP contribution >= 0.6 is 11.6 Å². The molecular weight excluding hydrogens is 493 g/mol. The summed E-state index contributed by atoms with van der Waals surface area (Å²) < 4.78 is 70.8. The van der Waals surface area contributed by atoms with Crippen LogP contribution in [0.25, 0.3) is 10.8 Å². The Labute approximate surface area is 200 Å². The van der Waals surface area contributed by atoms with Crippen LogP contribution in [0.15, 0.2) is 60.7 Å². The molecule has 0 unspecified atom stereocenters. The number of carbonyl (C=O) groups excluding carboxylic acids is 1. The van der Waals surface area contributed by atoms with Gasteiger partial charge in [0.05, 0.1) is 29.1 Å². The molecule has 1 N–H and O–H groups in total. The molecule has 0 aliphatic rings. The first kappa shape index (κ1) is 25.6. The predicted octanol–water partition coefficient (Wildman–Crippen LogP) is 4.86. The number of hydrogen-bond donors (Lipinski definition) is 1. The van der Waals surface area contributed by atoms with Gasteiger partial charge in [0.15, 0.2) is 0 Å². The lowest BCUT2D eigenvalue weighted by Gasteiger charge is -2.29. The molecular formula is C23H22ClF3N2O4S. The largest absolute Gasteiger partial charge is 0.491 e. The normalized spacial score (nSPS) is 12.9. The van der Waals surface area contributed by atoms with E-state index >= 15 is 0 Å². The van der Waals surface area contributed by atoms with Crippen LogP contribution in [0.2, 0.25) is 5.02 Å². The zero-order chi connectivity index (χ0) is 25.1. The van der Waals surface area contributed by atoms with Gasteiger partial charge in [-0.3, -0.25) is 9.10 Å². The second kappa shape index (κ2) is 10.1. The SMILES string of the molecule is C[C@@H](C(=O)NCCOc1cccc2ccccc12)N(c1ccc(Cl)c(C(F)(F)F)c1)S(C)(=O)=O. The number of benzene rings is 3. The number of halogens is 4. The van der Waals surface area contributed by atoms with Crippen LogP contribution in [0.3, 0.4) is 0 Å². The highest BCUT2D eigenvalue weighted by Crippen LogP contribution is 2.37. The number of sulfonamides is 1. The Morgan fingerprint density at radius 3 is 2.47 bits per heavy atom. The van der Waals surface area contributed by atoms with E-state index in [0.29, 0.717) is 16.1 Å². The number of anilines is 1. The molecule has 0 saturated heterocycles. The fraction of sp³-hybridized carbons (Fsp3) is 0.261. The lowest BCUT2D eigenvalue weighted by atomic mass is 10.1. The minimum Gasteiger partial charge on any atom is -0.491 e. The average Bonchev–Trinajstić information content (AvgIpc) is 2.76. The molecule has 3 rings (SSSR count). The Hall–Kier alpha value is -2.98. The highest BCUT2D eigenvalue weighted by atomic mass is 35.5. The van der Waals surface area contributed by atoms with Gasteiger partial charge in [0.2, 0.25) is 15.9 Å². The van der Waals surface area contributed by atoms with Crippen molar-refractivity contribution in [3.05, 3.63) is 71.2 Å². The highest BCUT2D eigenvalue weighted by molar-refractivity contribution is 7.92. The maximum absolute atomic E-state index is 13.2. The van der Waals surface area contributed by atoms with Gasteiger partial charge in [-0.1, -0.05) is 48.0 Å². The van der Waals surface area contributed by atoms with E-state index in [1.807, 2.05) is 36.4 Å². The summed E-state index contributed by atoms with van der Waals surface area (Å²) in [5.41, 5.74) is -1.52. The molecule has 0 aliphatic carbocycles. The van der Waals surface area contributed by atoms with Gasteiger partial charge < -0.3 is 10.1 Å². The predicted molar refractivity (Wildman–Crippen MR) is 126 cm³/mol. The van der Waals surface area contributed by atoms with Gasteiger partial charge in [-0.2, -0.15) is 13.2 Å². The topological polar surface area (TPSA) is 75.7 Å². The monoisotopic (exact) mass is 514 g/mol. The number of amides is 1. The molecule has 34 heavy (non-hydrogen) atoms. The number of fused-ring (bicyclic) bond motifs is 1. The molecule has 6 nitrogen and oxygen atoms in total. The second-order valence-corrected chi connectivity index (χ2v) is 9.78. The van der Waals surface area contributed by atoms with Gasteiger partial charge in [-0.05, 0) is 36.6 Å². The molecule has 1 atom stereocenters. The number of hydrogen-bond acceptors (Lipinski definition) is 4. The summed E-state index contributed by atoms with van der Waals surface area (Å²) in [4.78, 5) is 12.7. The molecule has 3 aromatic carbocycles. The van der Waals surface area contributed by atoms with Crippen LogP contribution in [-0.2, 0) is 21.0 Å². The van der Waals surface area contributed by atoms with Crippen LogP contribution in [0.4, 0.5) is 18.9 Å². The lowest BCUT2D eigenvalue weighted by Crippen LogP contribution is -2.48. The minimum absolute atomic E-state index is 0.0540. The van der Waals surface area contributed by atoms with Crippen molar-refractivity contribution in [3.63, 3.8) is 0 Å². The molecule has 0 saturated carbocycles. The lowest BCUT2D eigenvalue weighted by molar-refractivity contribution is -0.137. The molecule has 0 spiro atoms. The Kier molecular flexibility index (Phi) is 7.62. The van der Waals surface area contributed by atoms with Crippen molar-refractivity contribution in [2.24, 2.45) is 0 Å². The first-order chi connectivity index (χ1) is 15.9. The molecule has 0 heterocycles. The Morgan fingerprint density at radius 1 is 1.12 bits per heavy atom. The molecule has 0 fully saturated rings. The third-order valence-electron chi connectivity index (χ3n) is 5.01. The highest BCUT2D eigenvalue weighted by Gasteiger charge is 2.36. The van der Waals surface area contributed by atoms with E-state index in [0.717, 1.165) is 29.2 Å².